The topological polar surface area (TPSA) is 84.5 Å². The van der Waals surface area contributed by atoms with Crippen molar-refractivity contribution in [1.82, 2.24) is 10.0 Å². The Morgan fingerprint density at radius 1 is 1.15 bits per heavy atom. The smallest absolute Gasteiger partial charge is 0.251 e. The number of amides is 1. The zero-order valence-corrected chi connectivity index (χ0v) is 15.9. The van der Waals surface area contributed by atoms with E-state index in [0.29, 0.717) is 19.6 Å². The fourth-order valence-electron chi connectivity index (χ4n) is 2.22. The molecule has 0 unspecified atom stereocenters. The molecule has 0 aliphatic heterocycles. The van der Waals surface area contributed by atoms with E-state index < -0.39 is 10.0 Å². The van der Waals surface area contributed by atoms with Crippen LogP contribution in [0.15, 0.2) is 53.4 Å². The van der Waals surface area contributed by atoms with Crippen molar-refractivity contribution in [3.05, 3.63) is 64.7 Å². The summed E-state index contributed by atoms with van der Waals surface area (Å²) in [5.74, 6) is -0.364. The van der Waals surface area contributed by atoms with Crippen LogP contribution in [0.5, 0.6) is 0 Å². The molecule has 0 bridgehead atoms. The normalized spacial score (nSPS) is 11.3. The molecule has 2 aromatic carbocycles. The van der Waals surface area contributed by atoms with E-state index in [9.17, 15) is 13.2 Å². The highest BCUT2D eigenvalue weighted by Gasteiger charge is 2.20. The third-order valence-corrected chi connectivity index (χ3v) is 5.49. The molecule has 6 nitrogen and oxygen atoms in total. The number of hydrogen-bond donors (Lipinski definition) is 2. The molecule has 1 amide bonds. The first-order valence-corrected chi connectivity index (χ1v) is 9.90. The number of sulfonamides is 1. The lowest BCUT2D eigenvalue weighted by molar-refractivity contribution is 0.0948. The molecule has 0 spiro atoms. The van der Waals surface area contributed by atoms with Crippen molar-refractivity contribution in [1.29, 1.82) is 0 Å². The maximum absolute atomic E-state index is 12.6. The molecule has 0 atom stereocenters. The Hall–Kier alpha value is -1.93. The summed E-state index contributed by atoms with van der Waals surface area (Å²) in [4.78, 5) is 12.0. The monoisotopic (exact) mass is 396 g/mol. The van der Waals surface area contributed by atoms with Crippen molar-refractivity contribution in [3.63, 3.8) is 0 Å². The van der Waals surface area contributed by atoms with Crippen molar-refractivity contribution in [2.24, 2.45) is 0 Å². The Bertz CT molecular complexity index is 842. The molecule has 140 valence electrons. The first kappa shape index (κ1) is 20.4. The molecular formula is C18H21ClN2O4S. The summed E-state index contributed by atoms with van der Waals surface area (Å²) < 4.78 is 32.5. The largest absolute Gasteiger partial charge is 0.385 e. The lowest BCUT2D eigenvalue weighted by Crippen LogP contribution is -2.27. The molecule has 0 aliphatic rings. The van der Waals surface area contributed by atoms with E-state index in [1.807, 2.05) is 30.3 Å². The minimum Gasteiger partial charge on any atom is -0.385 e. The summed E-state index contributed by atoms with van der Waals surface area (Å²) in [6, 6.07) is 13.3. The van der Waals surface area contributed by atoms with Crippen LogP contribution in [0.3, 0.4) is 0 Å². The van der Waals surface area contributed by atoms with Crippen LogP contribution in [0, 0.1) is 0 Å². The number of rotatable bonds is 9. The van der Waals surface area contributed by atoms with Gasteiger partial charge in [-0.3, -0.25) is 4.79 Å². The van der Waals surface area contributed by atoms with Crippen molar-refractivity contribution >= 4 is 27.5 Å². The van der Waals surface area contributed by atoms with Gasteiger partial charge in [-0.1, -0.05) is 41.9 Å². The van der Waals surface area contributed by atoms with E-state index in [1.54, 1.807) is 7.11 Å². The Morgan fingerprint density at radius 2 is 1.88 bits per heavy atom. The Morgan fingerprint density at radius 3 is 2.58 bits per heavy atom. The van der Waals surface area contributed by atoms with Crippen LogP contribution < -0.4 is 10.0 Å². The standard InChI is InChI=1S/C18H21ClN2O4S/c1-25-11-5-10-20-18(22)15-8-9-16(19)17(12-15)26(23,24)21-13-14-6-3-2-4-7-14/h2-4,6-9,12,21H,5,10-11,13H2,1H3,(H,20,22). The van der Waals surface area contributed by atoms with Gasteiger partial charge in [-0.05, 0) is 30.2 Å². The second kappa shape index (κ2) is 9.68. The molecule has 26 heavy (non-hydrogen) atoms. The van der Waals surface area contributed by atoms with E-state index in [4.69, 9.17) is 16.3 Å². The Labute approximate surface area is 158 Å². The molecule has 0 saturated heterocycles. The van der Waals surface area contributed by atoms with Gasteiger partial charge in [0.25, 0.3) is 5.91 Å². The third kappa shape index (κ3) is 5.81. The summed E-state index contributed by atoms with van der Waals surface area (Å²) in [6.07, 6.45) is 0.666. The van der Waals surface area contributed by atoms with Crippen LogP contribution in [0.1, 0.15) is 22.3 Å². The molecule has 0 radical (unpaired) electrons. The average molecular weight is 397 g/mol. The Kier molecular flexibility index (Phi) is 7.59. The quantitative estimate of drug-likeness (QED) is 0.638. The first-order chi connectivity index (χ1) is 12.4. The number of carbonyl (C=O) groups excluding carboxylic acids is 1. The SMILES string of the molecule is COCCCNC(=O)c1ccc(Cl)c(S(=O)(=O)NCc2ccccc2)c1. The van der Waals surface area contributed by atoms with E-state index in [-0.39, 0.29) is 27.9 Å². The molecular weight excluding hydrogens is 376 g/mol. The summed E-state index contributed by atoms with van der Waals surface area (Å²) in [6.45, 7) is 1.10. The van der Waals surface area contributed by atoms with Gasteiger partial charge >= 0.3 is 0 Å². The second-order valence-electron chi connectivity index (χ2n) is 5.56. The van der Waals surface area contributed by atoms with Crippen LogP contribution in [0.25, 0.3) is 0 Å². The zero-order chi connectivity index (χ0) is 19.0. The van der Waals surface area contributed by atoms with Gasteiger partial charge in [-0.15, -0.1) is 0 Å². The van der Waals surface area contributed by atoms with Crippen molar-refractivity contribution < 1.29 is 17.9 Å². The molecule has 8 heteroatoms. The van der Waals surface area contributed by atoms with Crippen LogP contribution >= 0.6 is 11.6 Å². The van der Waals surface area contributed by atoms with E-state index >= 15 is 0 Å². The average Bonchev–Trinajstić information content (AvgIpc) is 2.64. The minimum atomic E-state index is -3.86. The lowest BCUT2D eigenvalue weighted by Gasteiger charge is -2.11. The molecule has 2 N–H and O–H groups in total. The number of hydrogen-bond acceptors (Lipinski definition) is 4. The molecule has 0 fully saturated rings. The lowest BCUT2D eigenvalue weighted by atomic mass is 10.2. The predicted molar refractivity (Wildman–Crippen MR) is 101 cm³/mol. The van der Waals surface area contributed by atoms with E-state index in [1.165, 1.54) is 18.2 Å². The number of halogens is 1. The molecule has 0 saturated carbocycles. The maximum Gasteiger partial charge on any atom is 0.251 e. The first-order valence-electron chi connectivity index (χ1n) is 8.04. The van der Waals surface area contributed by atoms with Crippen molar-refractivity contribution in [2.75, 3.05) is 20.3 Å². The number of methoxy groups -OCH3 is 1. The van der Waals surface area contributed by atoms with Crippen LogP contribution in [0.2, 0.25) is 5.02 Å². The highest BCUT2D eigenvalue weighted by Crippen LogP contribution is 2.23. The number of ether oxygens (including phenoxy) is 1. The van der Waals surface area contributed by atoms with Gasteiger partial charge in [-0.2, -0.15) is 0 Å². The van der Waals surface area contributed by atoms with Crippen LogP contribution in [-0.4, -0.2) is 34.6 Å². The van der Waals surface area contributed by atoms with Crippen LogP contribution in [-0.2, 0) is 21.3 Å². The van der Waals surface area contributed by atoms with E-state index in [2.05, 4.69) is 10.0 Å². The van der Waals surface area contributed by atoms with Crippen molar-refractivity contribution in [2.45, 2.75) is 17.9 Å². The molecule has 0 heterocycles. The van der Waals surface area contributed by atoms with Gasteiger partial charge in [-0.25, -0.2) is 13.1 Å². The fraction of sp³-hybridized carbons (Fsp3) is 0.278. The number of carbonyl (C=O) groups is 1. The summed E-state index contributed by atoms with van der Waals surface area (Å²) in [5, 5.41) is 2.77. The van der Waals surface area contributed by atoms with Gasteiger partial charge in [0.05, 0.1) is 5.02 Å². The third-order valence-electron chi connectivity index (χ3n) is 3.60. The van der Waals surface area contributed by atoms with Gasteiger partial charge in [0, 0.05) is 32.4 Å². The molecule has 0 aliphatic carbocycles. The second-order valence-corrected chi connectivity index (χ2v) is 7.70. The zero-order valence-electron chi connectivity index (χ0n) is 14.4. The summed E-state index contributed by atoms with van der Waals surface area (Å²) in [7, 11) is -2.27. The van der Waals surface area contributed by atoms with E-state index in [0.717, 1.165) is 5.56 Å². The minimum absolute atomic E-state index is 0.0569. The fourth-order valence-corrected chi connectivity index (χ4v) is 3.76. The summed E-state index contributed by atoms with van der Waals surface area (Å²) >= 11 is 6.05. The van der Waals surface area contributed by atoms with Gasteiger partial charge < -0.3 is 10.1 Å². The predicted octanol–water partition coefficient (Wildman–Crippen LogP) is 2.58. The van der Waals surface area contributed by atoms with Gasteiger partial charge in [0.2, 0.25) is 10.0 Å². The van der Waals surface area contributed by atoms with Crippen molar-refractivity contribution in [3.8, 4) is 0 Å². The summed E-state index contributed by atoms with van der Waals surface area (Å²) in [5.41, 5.74) is 1.05. The molecule has 0 aromatic heterocycles. The van der Waals surface area contributed by atoms with Gasteiger partial charge in [0.1, 0.15) is 4.90 Å². The van der Waals surface area contributed by atoms with Crippen LogP contribution in [0.4, 0.5) is 0 Å². The highest BCUT2D eigenvalue weighted by atomic mass is 35.5. The number of nitrogens with one attached hydrogen (secondary N) is 2. The maximum atomic E-state index is 12.6. The molecule has 2 aromatic rings. The highest BCUT2D eigenvalue weighted by molar-refractivity contribution is 7.89. The molecule has 2 rings (SSSR count). The Balaban J connectivity index is 2.11. The number of benzene rings is 2. The van der Waals surface area contributed by atoms with Gasteiger partial charge in [0.15, 0.2) is 0 Å².